The minimum Gasteiger partial charge on any atom is -0.305 e. The van der Waals surface area contributed by atoms with E-state index in [0.717, 1.165) is 0 Å². The molecule has 3 aromatic rings. The number of nitrogens with zero attached hydrogens (tertiary/aromatic N) is 4. The first-order valence-electron chi connectivity index (χ1n) is 6.66. The molecule has 0 spiro atoms. The number of anilines is 1. The van der Waals surface area contributed by atoms with Crippen molar-refractivity contribution in [2.24, 2.45) is 0 Å². The van der Waals surface area contributed by atoms with Crippen molar-refractivity contribution in [3.63, 3.8) is 0 Å². The van der Waals surface area contributed by atoms with Gasteiger partial charge in [0, 0.05) is 6.20 Å². The molecule has 0 aliphatic carbocycles. The Balaban J connectivity index is 2.00. The Morgan fingerprint density at radius 2 is 2.00 bits per heavy atom. The maximum Gasteiger partial charge on any atom is 0.258 e. The summed E-state index contributed by atoms with van der Waals surface area (Å²) < 4.78 is 1.40. The van der Waals surface area contributed by atoms with Gasteiger partial charge in [0.25, 0.3) is 5.91 Å². The third kappa shape index (κ3) is 2.91. The van der Waals surface area contributed by atoms with Crippen molar-refractivity contribution in [2.75, 3.05) is 5.32 Å². The van der Waals surface area contributed by atoms with Crippen LogP contribution in [0, 0.1) is 11.3 Å². The van der Waals surface area contributed by atoms with Crippen molar-refractivity contribution in [3.05, 3.63) is 71.0 Å². The normalized spacial score (nSPS) is 10.1. The second-order valence-corrected chi connectivity index (χ2v) is 4.96. The molecule has 0 fully saturated rings. The Bertz CT molecular complexity index is 898. The predicted molar refractivity (Wildman–Crippen MR) is 85.5 cm³/mol. The minimum absolute atomic E-state index is 0.232. The SMILES string of the molecule is N#Cc1cnn(-c2ccccn2)c1NC(=O)c1ccccc1Cl. The quantitative estimate of drug-likeness (QED) is 0.803. The molecular formula is C16H10ClN5O. The van der Waals surface area contributed by atoms with E-state index in [0.29, 0.717) is 16.4 Å². The van der Waals surface area contributed by atoms with Gasteiger partial charge < -0.3 is 5.32 Å². The smallest absolute Gasteiger partial charge is 0.258 e. The summed E-state index contributed by atoms with van der Waals surface area (Å²) in [4.78, 5) is 16.6. The molecule has 2 aromatic heterocycles. The van der Waals surface area contributed by atoms with Gasteiger partial charge in [-0.25, -0.2) is 4.98 Å². The van der Waals surface area contributed by atoms with Crippen LogP contribution >= 0.6 is 11.6 Å². The van der Waals surface area contributed by atoms with Crippen molar-refractivity contribution in [2.45, 2.75) is 0 Å². The Labute approximate surface area is 137 Å². The molecule has 7 heteroatoms. The number of amides is 1. The summed E-state index contributed by atoms with van der Waals surface area (Å²) in [6.45, 7) is 0. The number of carbonyl (C=O) groups excluding carboxylic acids is 1. The highest BCUT2D eigenvalue weighted by Crippen LogP contribution is 2.21. The van der Waals surface area contributed by atoms with Gasteiger partial charge >= 0.3 is 0 Å². The molecule has 0 aliphatic rings. The van der Waals surface area contributed by atoms with Crippen LogP contribution in [-0.2, 0) is 0 Å². The number of nitrogens with one attached hydrogen (secondary N) is 1. The highest BCUT2D eigenvalue weighted by Gasteiger charge is 2.17. The second kappa shape index (κ2) is 6.30. The lowest BCUT2D eigenvalue weighted by Gasteiger charge is -2.09. The topological polar surface area (TPSA) is 83.6 Å². The summed E-state index contributed by atoms with van der Waals surface area (Å²) in [5, 5.41) is 16.3. The van der Waals surface area contributed by atoms with Crippen LogP contribution in [0.3, 0.4) is 0 Å². The lowest BCUT2D eigenvalue weighted by atomic mass is 10.2. The van der Waals surface area contributed by atoms with E-state index in [1.807, 2.05) is 6.07 Å². The molecule has 0 aliphatic heterocycles. The van der Waals surface area contributed by atoms with E-state index in [1.54, 1.807) is 48.7 Å². The Morgan fingerprint density at radius 3 is 2.70 bits per heavy atom. The number of pyridine rings is 1. The molecule has 2 heterocycles. The summed E-state index contributed by atoms with van der Waals surface area (Å²) in [6, 6.07) is 13.9. The molecule has 0 bridgehead atoms. The van der Waals surface area contributed by atoms with Crippen LogP contribution in [0.1, 0.15) is 15.9 Å². The number of nitriles is 1. The number of aromatic nitrogens is 3. The van der Waals surface area contributed by atoms with E-state index >= 15 is 0 Å². The summed E-state index contributed by atoms with van der Waals surface area (Å²) >= 11 is 6.03. The number of rotatable bonds is 3. The van der Waals surface area contributed by atoms with Crippen LogP contribution in [0.15, 0.2) is 54.9 Å². The highest BCUT2D eigenvalue weighted by atomic mass is 35.5. The first kappa shape index (κ1) is 14.8. The molecular weight excluding hydrogens is 314 g/mol. The average molecular weight is 324 g/mol. The van der Waals surface area contributed by atoms with Gasteiger partial charge in [-0.1, -0.05) is 29.8 Å². The third-order valence-electron chi connectivity index (χ3n) is 3.11. The molecule has 0 atom stereocenters. The minimum atomic E-state index is -0.426. The monoisotopic (exact) mass is 323 g/mol. The van der Waals surface area contributed by atoms with Crippen LogP contribution < -0.4 is 5.32 Å². The first-order valence-corrected chi connectivity index (χ1v) is 7.04. The average Bonchev–Trinajstić information content (AvgIpc) is 2.98. The fourth-order valence-electron chi connectivity index (χ4n) is 2.02. The summed E-state index contributed by atoms with van der Waals surface area (Å²) in [5.41, 5.74) is 0.544. The van der Waals surface area contributed by atoms with Crippen molar-refractivity contribution in [1.29, 1.82) is 5.26 Å². The van der Waals surface area contributed by atoms with E-state index in [4.69, 9.17) is 11.6 Å². The molecule has 0 saturated heterocycles. The summed E-state index contributed by atoms with van der Waals surface area (Å²) in [7, 11) is 0. The highest BCUT2D eigenvalue weighted by molar-refractivity contribution is 6.34. The van der Waals surface area contributed by atoms with E-state index in [2.05, 4.69) is 15.4 Å². The van der Waals surface area contributed by atoms with Gasteiger partial charge in [-0.3, -0.25) is 4.79 Å². The lowest BCUT2D eigenvalue weighted by Crippen LogP contribution is -2.16. The second-order valence-electron chi connectivity index (χ2n) is 4.55. The van der Waals surface area contributed by atoms with Crippen LogP contribution in [-0.4, -0.2) is 20.7 Å². The maximum absolute atomic E-state index is 12.4. The predicted octanol–water partition coefficient (Wildman–Crippen LogP) is 3.04. The van der Waals surface area contributed by atoms with Crippen molar-refractivity contribution in [3.8, 4) is 11.9 Å². The van der Waals surface area contributed by atoms with E-state index < -0.39 is 5.91 Å². The molecule has 112 valence electrons. The van der Waals surface area contributed by atoms with Crippen LogP contribution in [0.4, 0.5) is 5.82 Å². The Hall–Kier alpha value is -3.17. The number of hydrogen-bond acceptors (Lipinski definition) is 4. The molecule has 23 heavy (non-hydrogen) atoms. The van der Waals surface area contributed by atoms with E-state index in [1.165, 1.54) is 10.9 Å². The van der Waals surface area contributed by atoms with Gasteiger partial charge in [-0.2, -0.15) is 15.0 Å². The summed E-state index contributed by atoms with van der Waals surface area (Å²) in [6.07, 6.45) is 2.97. The van der Waals surface area contributed by atoms with Crippen molar-refractivity contribution >= 4 is 23.3 Å². The number of benzene rings is 1. The summed E-state index contributed by atoms with van der Waals surface area (Å²) in [5.74, 6) is 0.310. The van der Waals surface area contributed by atoms with Gasteiger partial charge in [-0.15, -0.1) is 0 Å². The number of hydrogen-bond donors (Lipinski definition) is 1. The maximum atomic E-state index is 12.4. The fraction of sp³-hybridized carbons (Fsp3) is 0. The lowest BCUT2D eigenvalue weighted by molar-refractivity contribution is 0.102. The molecule has 1 N–H and O–H groups in total. The van der Waals surface area contributed by atoms with Gasteiger partial charge in [0.05, 0.1) is 16.8 Å². The largest absolute Gasteiger partial charge is 0.305 e. The zero-order chi connectivity index (χ0) is 16.2. The molecule has 0 saturated carbocycles. The zero-order valence-electron chi connectivity index (χ0n) is 11.8. The zero-order valence-corrected chi connectivity index (χ0v) is 12.5. The molecule has 6 nitrogen and oxygen atoms in total. The number of carbonyl (C=O) groups is 1. The molecule has 1 aromatic carbocycles. The Kier molecular flexibility index (Phi) is 4.04. The van der Waals surface area contributed by atoms with Gasteiger partial charge in [-0.05, 0) is 24.3 Å². The number of halogens is 1. The molecule has 0 unspecified atom stereocenters. The Morgan fingerprint density at radius 1 is 1.22 bits per heavy atom. The molecule has 1 amide bonds. The van der Waals surface area contributed by atoms with Crippen LogP contribution in [0.2, 0.25) is 5.02 Å². The molecule has 0 radical (unpaired) electrons. The first-order chi connectivity index (χ1) is 11.2. The van der Waals surface area contributed by atoms with E-state index in [9.17, 15) is 10.1 Å². The molecule has 3 rings (SSSR count). The van der Waals surface area contributed by atoms with Gasteiger partial charge in [0.15, 0.2) is 11.6 Å². The van der Waals surface area contributed by atoms with E-state index in [-0.39, 0.29) is 11.4 Å². The van der Waals surface area contributed by atoms with Crippen molar-refractivity contribution < 1.29 is 4.79 Å². The third-order valence-corrected chi connectivity index (χ3v) is 3.44. The standard InChI is InChI=1S/C16H10ClN5O/c17-13-6-2-1-5-12(13)16(23)21-15-11(9-18)10-20-22(15)14-7-3-4-8-19-14/h1-8,10H,(H,21,23). The fourth-order valence-corrected chi connectivity index (χ4v) is 2.25. The van der Waals surface area contributed by atoms with Crippen LogP contribution in [0.25, 0.3) is 5.82 Å². The van der Waals surface area contributed by atoms with Gasteiger partial charge in [0.2, 0.25) is 0 Å². The van der Waals surface area contributed by atoms with Gasteiger partial charge in [0.1, 0.15) is 11.6 Å². The van der Waals surface area contributed by atoms with Crippen LogP contribution in [0.5, 0.6) is 0 Å². The van der Waals surface area contributed by atoms with Crippen molar-refractivity contribution in [1.82, 2.24) is 14.8 Å².